The molecule has 0 spiro atoms. The summed E-state index contributed by atoms with van der Waals surface area (Å²) in [6, 6.07) is 1.75. The molecule has 0 bridgehead atoms. The Morgan fingerprint density at radius 1 is 1.54 bits per heavy atom. The zero-order valence-corrected chi connectivity index (χ0v) is 8.23. The van der Waals surface area contributed by atoms with Crippen LogP contribution in [0.15, 0.2) is 12.4 Å². The number of rotatable bonds is 1. The van der Waals surface area contributed by atoms with Gasteiger partial charge in [0, 0.05) is 5.69 Å². The van der Waals surface area contributed by atoms with Gasteiger partial charge in [0.2, 0.25) is 0 Å². The summed E-state index contributed by atoms with van der Waals surface area (Å²) in [5.41, 5.74) is 1.26. The van der Waals surface area contributed by atoms with Crippen molar-refractivity contribution in [3.05, 3.63) is 23.2 Å². The topological polar surface area (TPSA) is 30.7 Å². The summed E-state index contributed by atoms with van der Waals surface area (Å²) in [6.45, 7) is 1.78. The van der Waals surface area contributed by atoms with Crippen LogP contribution in [0.5, 0.6) is 0 Å². The molecule has 0 N–H and O–H groups in total. The molecule has 2 rings (SSSR count). The van der Waals surface area contributed by atoms with Gasteiger partial charge in [0.25, 0.3) is 0 Å². The Hall–Kier alpha value is -0.810. The van der Waals surface area contributed by atoms with Gasteiger partial charge in [0.05, 0.1) is 5.39 Å². The molecule has 0 amide bonds. The largest absolute Gasteiger partial charge is 0.244 e. The van der Waals surface area contributed by atoms with Crippen LogP contribution in [-0.2, 0) is 0 Å². The third-order valence-corrected chi connectivity index (χ3v) is 2.65. The maximum Gasteiger partial charge on any atom is 0.171 e. The summed E-state index contributed by atoms with van der Waals surface area (Å²) in [5.74, 6) is 0. The standard InChI is InChI=1S/C7H5ClFN3S/c1-4-2-5-6(8)10-3-11-7(5)12(4)13-9/h2-3H,1H3. The first kappa shape index (κ1) is 8.77. The van der Waals surface area contributed by atoms with E-state index in [9.17, 15) is 3.89 Å². The van der Waals surface area contributed by atoms with Gasteiger partial charge in [-0.3, -0.25) is 0 Å². The predicted octanol–water partition coefficient (Wildman–Crippen LogP) is 2.77. The fraction of sp³-hybridized carbons (Fsp3) is 0.143. The number of fused-ring (bicyclic) bond motifs is 1. The Kier molecular flexibility index (Phi) is 2.13. The Balaban J connectivity index is 2.86. The van der Waals surface area contributed by atoms with Crippen molar-refractivity contribution in [1.82, 2.24) is 13.9 Å². The molecule has 6 heteroatoms. The van der Waals surface area contributed by atoms with Gasteiger partial charge in [-0.15, -0.1) is 3.89 Å². The Bertz CT molecular complexity index is 456. The molecule has 13 heavy (non-hydrogen) atoms. The molecule has 2 aromatic rings. The molecule has 0 aromatic carbocycles. The minimum atomic E-state index is 0.108. The van der Waals surface area contributed by atoms with E-state index in [1.807, 2.05) is 0 Å². The molecule has 68 valence electrons. The number of halogens is 2. The summed E-state index contributed by atoms with van der Waals surface area (Å²) in [7, 11) is 0. The van der Waals surface area contributed by atoms with Crippen molar-refractivity contribution >= 4 is 35.0 Å². The highest BCUT2D eigenvalue weighted by atomic mass is 35.5. The average molecular weight is 218 g/mol. The van der Waals surface area contributed by atoms with Crippen molar-refractivity contribution in [3.63, 3.8) is 0 Å². The van der Waals surface area contributed by atoms with E-state index in [1.54, 1.807) is 13.0 Å². The van der Waals surface area contributed by atoms with E-state index in [1.165, 1.54) is 10.3 Å². The van der Waals surface area contributed by atoms with Crippen molar-refractivity contribution in [2.24, 2.45) is 0 Å². The van der Waals surface area contributed by atoms with Crippen LogP contribution in [0.25, 0.3) is 11.0 Å². The maximum atomic E-state index is 12.5. The average Bonchev–Trinajstić information content (AvgIpc) is 2.43. The molecular formula is C7H5ClFN3S. The van der Waals surface area contributed by atoms with E-state index >= 15 is 0 Å². The fourth-order valence-electron chi connectivity index (χ4n) is 1.17. The van der Waals surface area contributed by atoms with Crippen LogP contribution in [0.1, 0.15) is 5.69 Å². The highest BCUT2D eigenvalue weighted by molar-refractivity contribution is 7.92. The first-order chi connectivity index (χ1) is 6.24. The molecule has 0 aliphatic heterocycles. The summed E-state index contributed by atoms with van der Waals surface area (Å²) in [5, 5.41) is 1.02. The lowest BCUT2D eigenvalue weighted by molar-refractivity contribution is 0.913. The van der Waals surface area contributed by atoms with Gasteiger partial charge in [-0.1, -0.05) is 11.6 Å². The SMILES string of the molecule is Cc1cc2c(Cl)ncnc2n1SF. The fourth-order valence-corrected chi connectivity index (χ4v) is 1.73. The number of aryl methyl sites for hydroxylation is 1. The van der Waals surface area contributed by atoms with Crippen LogP contribution < -0.4 is 0 Å². The Morgan fingerprint density at radius 2 is 2.31 bits per heavy atom. The minimum absolute atomic E-state index is 0.108. The zero-order chi connectivity index (χ0) is 9.42. The van der Waals surface area contributed by atoms with E-state index in [-0.39, 0.29) is 12.3 Å². The van der Waals surface area contributed by atoms with Gasteiger partial charge in [0.15, 0.2) is 18.0 Å². The first-order valence-electron chi connectivity index (χ1n) is 3.51. The predicted molar refractivity (Wildman–Crippen MR) is 51.4 cm³/mol. The highest BCUT2D eigenvalue weighted by Crippen LogP contribution is 2.26. The minimum Gasteiger partial charge on any atom is -0.244 e. The molecule has 3 nitrogen and oxygen atoms in total. The molecule has 0 unspecified atom stereocenters. The van der Waals surface area contributed by atoms with Gasteiger partial charge in [-0.2, -0.15) is 0 Å². The summed E-state index contributed by atoms with van der Waals surface area (Å²) in [4.78, 5) is 7.75. The third-order valence-electron chi connectivity index (χ3n) is 1.75. The van der Waals surface area contributed by atoms with Crippen molar-refractivity contribution < 1.29 is 3.89 Å². The maximum absolute atomic E-state index is 12.5. The molecule has 2 heterocycles. The second kappa shape index (κ2) is 3.16. The summed E-state index contributed by atoms with van der Waals surface area (Å²) >= 11 is 5.91. The molecule has 0 fully saturated rings. The number of nitrogens with zero attached hydrogens (tertiary/aromatic N) is 3. The molecule has 0 saturated carbocycles. The van der Waals surface area contributed by atoms with Crippen LogP contribution in [0.4, 0.5) is 3.89 Å². The van der Waals surface area contributed by atoms with E-state index in [2.05, 4.69) is 9.97 Å². The van der Waals surface area contributed by atoms with Crippen molar-refractivity contribution in [3.8, 4) is 0 Å². The monoisotopic (exact) mass is 217 g/mol. The molecule has 0 aliphatic rings. The van der Waals surface area contributed by atoms with E-state index in [4.69, 9.17) is 11.6 Å². The van der Waals surface area contributed by atoms with Crippen LogP contribution in [0.3, 0.4) is 0 Å². The lowest BCUT2D eigenvalue weighted by Gasteiger charge is -1.96. The van der Waals surface area contributed by atoms with Crippen LogP contribution in [0, 0.1) is 6.92 Å². The highest BCUT2D eigenvalue weighted by Gasteiger charge is 2.10. The molecule has 2 aromatic heterocycles. The van der Waals surface area contributed by atoms with E-state index in [0.717, 1.165) is 5.69 Å². The Labute approximate surface area is 83.4 Å². The van der Waals surface area contributed by atoms with Crippen LogP contribution in [0.2, 0.25) is 5.15 Å². The quantitative estimate of drug-likeness (QED) is 0.689. The van der Waals surface area contributed by atoms with Gasteiger partial charge in [-0.05, 0) is 13.0 Å². The van der Waals surface area contributed by atoms with Gasteiger partial charge in [0.1, 0.15) is 11.5 Å². The van der Waals surface area contributed by atoms with Crippen molar-refractivity contribution in [2.75, 3.05) is 0 Å². The molecule has 0 saturated heterocycles. The second-order valence-electron chi connectivity index (χ2n) is 2.55. The molecule has 0 radical (unpaired) electrons. The third kappa shape index (κ3) is 1.28. The second-order valence-corrected chi connectivity index (χ2v) is 3.41. The van der Waals surface area contributed by atoms with Gasteiger partial charge in [-0.25, -0.2) is 13.9 Å². The lowest BCUT2D eigenvalue weighted by Crippen LogP contribution is -1.88. The Morgan fingerprint density at radius 3 is 3.00 bits per heavy atom. The summed E-state index contributed by atoms with van der Waals surface area (Å²) < 4.78 is 13.8. The van der Waals surface area contributed by atoms with Crippen LogP contribution >= 0.6 is 23.9 Å². The molecule has 0 aliphatic carbocycles. The van der Waals surface area contributed by atoms with Crippen molar-refractivity contribution in [1.29, 1.82) is 0 Å². The van der Waals surface area contributed by atoms with Crippen molar-refractivity contribution in [2.45, 2.75) is 6.92 Å². The number of hydrogen-bond donors (Lipinski definition) is 0. The normalized spacial score (nSPS) is 11.0. The van der Waals surface area contributed by atoms with Gasteiger partial charge < -0.3 is 0 Å². The molecule has 0 atom stereocenters. The van der Waals surface area contributed by atoms with Crippen LogP contribution in [-0.4, -0.2) is 13.9 Å². The number of aromatic nitrogens is 3. The summed E-state index contributed by atoms with van der Waals surface area (Å²) in [6.07, 6.45) is 1.32. The smallest absolute Gasteiger partial charge is 0.171 e. The first-order valence-corrected chi connectivity index (χ1v) is 4.57. The number of hydrogen-bond acceptors (Lipinski definition) is 3. The lowest BCUT2D eigenvalue weighted by atomic mass is 10.4. The van der Waals surface area contributed by atoms with E-state index < -0.39 is 0 Å². The van der Waals surface area contributed by atoms with E-state index in [0.29, 0.717) is 16.2 Å². The zero-order valence-electron chi connectivity index (χ0n) is 6.66. The van der Waals surface area contributed by atoms with Gasteiger partial charge >= 0.3 is 0 Å². The molecular weight excluding hydrogens is 213 g/mol.